The zero-order valence-corrected chi connectivity index (χ0v) is 28.2. The number of ether oxygens (including phenoxy) is 2. The van der Waals surface area contributed by atoms with E-state index in [1.165, 1.54) is 25.7 Å². The number of hydrogen-bond donors (Lipinski definition) is 2. The number of esters is 1. The molecule has 1 aromatic heterocycles. The van der Waals surface area contributed by atoms with Gasteiger partial charge >= 0.3 is 12.1 Å². The molecule has 2 fully saturated rings. The van der Waals surface area contributed by atoms with Gasteiger partial charge in [0, 0.05) is 42.9 Å². The molecule has 0 unspecified atom stereocenters. The first-order valence-corrected chi connectivity index (χ1v) is 17.3. The Morgan fingerprint density at radius 2 is 1.83 bits per heavy atom. The first-order valence-electron chi connectivity index (χ1n) is 17.3. The van der Waals surface area contributed by atoms with E-state index in [0.717, 1.165) is 37.2 Å². The number of pyridine rings is 1. The molecule has 254 valence electrons. The molecule has 4 rings (SSSR count). The molecule has 3 aliphatic rings. The Morgan fingerprint density at radius 1 is 1.11 bits per heavy atom. The van der Waals surface area contributed by atoms with Crippen molar-refractivity contribution in [3.05, 3.63) is 66.0 Å². The van der Waals surface area contributed by atoms with Crippen LogP contribution in [-0.4, -0.2) is 93.2 Å². The van der Waals surface area contributed by atoms with Crippen molar-refractivity contribution < 1.29 is 29.3 Å². The van der Waals surface area contributed by atoms with Crippen LogP contribution in [0.25, 0.3) is 0 Å². The summed E-state index contributed by atoms with van der Waals surface area (Å²) in [6, 6.07) is 6.33. The fraction of sp³-hybridized carbons (Fsp3) is 0.649. The first kappa shape index (κ1) is 35.8. The van der Waals surface area contributed by atoms with Crippen molar-refractivity contribution >= 4 is 12.1 Å². The van der Waals surface area contributed by atoms with Crippen LogP contribution in [-0.2, 0) is 14.3 Å². The van der Waals surface area contributed by atoms with Crippen molar-refractivity contribution in [2.45, 2.75) is 121 Å². The molecule has 6 atom stereocenters. The molecule has 0 aliphatic carbocycles. The second-order valence-corrected chi connectivity index (χ2v) is 13.7. The largest absolute Gasteiger partial charge is 0.457 e. The van der Waals surface area contributed by atoms with E-state index in [-0.39, 0.29) is 31.1 Å². The average molecular weight is 638 g/mol. The van der Waals surface area contributed by atoms with Crippen LogP contribution in [0, 0.1) is 5.92 Å². The van der Waals surface area contributed by atoms with Crippen LogP contribution >= 0.6 is 0 Å². The van der Waals surface area contributed by atoms with Gasteiger partial charge in [0.1, 0.15) is 11.7 Å². The third-order valence-electron chi connectivity index (χ3n) is 9.79. The Morgan fingerprint density at radius 3 is 2.50 bits per heavy atom. The molecule has 9 nitrogen and oxygen atoms in total. The highest BCUT2D eigenvalue weighted by Gasteiger charge is 2.37. The van der Waals surface area contributed by atoms with Gasteiger partial charge in [-0.05, 0) is 89.2 Å². The van der Waals surface area contributed by atoms with Gasteiger partial charge in [0.05, 0.1) is 12.5 Å². The number of nitrogens with zero attached hydrogens (tertiary/aromatic N) is 3. The normalized spacial score (nSPS) is 30.6. The van der Waals surface area contributed by atoms with E-state index in [1.54, 1.807) is 24.1 Å². The zero-order valence-electron chi connectivity index (χ0n) is 28.2. The molecular weight excluding hydrogens is 582 g/mol. The summed E-state index contributed by atoms with van der Waals surface area (Å²) in [6.45, 7) is 11.1. The molecular formula is C37H55N3O6. The quantitative estimate of drug-likeness (QED) is 0.224. The second kappa shape index (κ2) is 17.2. The van der Waals surface area contributed by atoms with Crippen molar-refractivity contribution in [1.29, 1.82) is 0 Å². The van der Waals surface area contributed by atoms with E-state index in [4.69, 9.17) is 9.47 Å². The molecule has 0 saturated carbocycles. The van der Waals surface area contributed by atoms with Crippen molar-refractivity contribution in [2.75, 3.05) is 26.2 Å². The molecule has 0 aromatic carbocycles. The SMILES string of the molecule is CC(=CC=C[C@@H](C)c1ccccn1)[C@H]1OC(=O)C[C@H](O)CC[C@@](C)(O)[C@@H](OC(=O)N2CCC(N3CCCCCC3)CC2)C=C[C@@H]1C. The molecule has 1 amide bonds. The highest BCUT2D eigenvalue weighted by molar-refractivity contribution is 5.70. The van der Waals surface area contributed by atoms with Gasteiger partial charge in [-0.1, -0.05) is 57.1 Å². The molecule has 0 radical (unpaired) electrons. The lowest BCUT2D eigenvalue weighted by Crippen LogP contribution is -2.49. The van der Waals surface area contributed by atoms with Gasteiger partial charge < -0.3 is 29.5 Å². The average Bonchev–Trinajstić information content (AvgIpc) is 3.34. The maximum absolute atomic E-state index is 13.4. The van der Waals surface area contributed by atoms with E-state index in [2.05, 4.69) is 16.8 Å². The predicted molar refractivity (Wildman–Crippen MR) is 179 cm³/mol. The number of cyclic esters (lactones) is 1. The number of likely N-dealkylation sites (tertiary alicyclic amines) is 2. The molecule has 2 N–H and O–H groups in total. The fourth-order valence-electron chi connectivity index (χ4n) is 6.72. The summed E-state index contributed by atoms with van der Waals surface area (Å²) in [5.74, 6) is -0.683. The number of hydrogen-bond acceptors (Lipinski definition) is 8. The van der Waals surface area contributed by atoms with Gasteiger partial charge in [0.2, 0.25) is 0 Å². The van der Waals surface area contributed by atoms with Crippen LogP contribution in [0.4, 0.5) is 4.79 Å². The molecule has 9 heteroatoms. The summed E-state index contributed by atoms with van der Waals surface area (Å²) < 4.78 is 11.9. The number of carbonyl (C=O) groups excluding carboxylic acids is 2. The van der Waals surface area contributed by atoms with Crippen molar-refractivity contribution in [3.63, 3.8) is 0 Å². The standard InChI is InChI=1S/C37H55N3O6/c1-27(32-14-7-8-21-38-32)12-11-13-28(2)35-29(3)15-16-33(37(4,44)20-17-31(41)26-34(42)46-35)45-36(43)40-24-18-30(19-25-40)39-22-9-5-6-10-23-39/h7-8,11-16,21,27,29-31,33,35,41,44H,5-6,9-10,17-20,22-26H2,1-4H3/t27-,29+,31-,33+,35-,37-/m1/s1. The number of aromatic nitrogens is 1. The highest BCUT2D eigenvalue weighted by Crippen LogP contribution is 2.28. The number of allylic oxidation sites excluding steroid dienone is 3. The van der Waals surface area contributed by atoms with Crippen LogP contribution in [0.1, 0.15) is 97.1 Å². The van der Waals surface area contributed by atoms with Crippen molar-refractivity contribution in [1.82, 2.24) is 14.8 Å². The Balaban J connectivity index is 1.45. The minimum absolute atomic E-state index is 0.106. The van der Waals surface area contributed by atoms with Gasteiger partial charge in [0.25, 0.3) is 0 Å². The molecule has 3 aliphatic heterocycles. The van der Waals surface area contributed by atoms with Crippen molar-refractivity contribution in [3.8, 4) is 0 Å². The van der Waals surface area contributed by atoms with E-state index >= 15 is 0 Å². The Labute approximate surface area is 275 Å². The lowest BCUT2D eigenvalue weighted by Gasteiger charge is -2.39. The molecule has 2 saturated heterocycles. The molecule has 4 heterocycles. The maximum atomic E-state index is 13.4. The summed E-state index contributed by atoms with van der Waals surface area (Å²) in [6.07, 6.45) is 15.3. The molecule has 46 heavy (non-hydrogen) atoms. The highest BCUT2D eigenvalue weighted by atomic mass is 16.6. The lowest BCUT2D eigenvalue weighted by molar-refractivity contribution is -0.151. The van der Waals surface area contributed by atoms with Gasteiger partial charge in [0.15, 0.2) is 6.10 Å². The predicted octanol–water partition coefficient (Wildman–Crippen LogP) is 5.93. The maximum Gasteiger partial charge on any atom is 0.410 e. The minimum Gasteiger partial charge on any atom is -0.457 e. The summed E-state index contributed by atoms with van der Waals surface area (Å²) in [7, 11) is 0. The smallest absolute Gasteiger partial charge is 0.410 e. The number of carbonyl (C=O) groups is 2. The van der Waals surface area contributed by atoms with E-state index < -0.39 is 36.0 Å². The number of amides is 1. The van der Waals surface area contributed by atoms with Crippen LogP contribution in [0.2, 0.25) is 0 Å². The number of aliphatic hydroxyl groups is 2. The number of rotatable bonds is 6. The summed E-state index contributed by atoms with van der Waals surface area (Å²) >= 11 is 0. The van der Waals surface area contributed by atoms with E-state index in [9.17, 15) is 19.8 Å². The Kier molecular flexibility index (Phi) is 13.4. The summed E-state index contributed by atoms with van der Waals surface area (Å²) in [4.78, 5) is 35.0. The first-order chi connectivity index (χ1) is 22.0. The minimum atomic E-state index is -1.44. The van der Waals surface area contributed by atoms with E-state index in [0.29, 0.717) is 19.1 Å². The van der Waals surface area contributed by atoms with Crippen LogP contribution in [0.5, 0.6) is 0 Å². The zero-order chi connectivity index (χ0) is 33.1. The fourth-order valence-corrected chi connectivity index (χ4v) is 6.72. The van der Waals surface area contributed by atoms with Gasteiger partial charge in [-0.3, -0.25) is 9.78 Å². The molecule has 1 aromatic rings. The number of piperidine rings is 1. The Bertz CT molecular complexity index is 1200. The van der Waals surface area contributed by atoms with Crippen LogP contribution < -0.4 is 0 Å². The topological polar surface area (TPSA) is 112 Å². The summed E-state index contributed by atoms with van der Waals surface area (Å²) in [5, 5.41) is 22.1. The third-order valence-corrected chi connectivity index (χ3v) is 9.79. The second-order valence-electron chi connectivity index (χ2n) is 13.7. The lowest BCUT2D eigenvalue weighted by atomic mass is 9.88. The van der Waals surface area contributed by atoms with Gasteiger partial charge in [-0.2, -0.15) is 0 Å². The number of aliphatic hydroxyl groups excluding tert-OH is 1. The van der Waals surface area contributed by atoms with Crippen molar-refractivity contribution in [2.24, 2.45) is 5.92 Å². The van der Waals surface area contributed by atoms with Crippen LogP contribution in [0.15, 0.2) is 60.3 Å². The van der Waals surface area contributed by atoms with Gasteiger partial charge in [-0.25, -0.2) is 4.79 Å². The van der Waals surface area contributed by atoms with Gasteiger partial charge in [-0.15, -0.1) is 0 Å². The Hall–Kier alpha value is -3.01. The monoisotopic (exact) mass is 637 g/mol. The molecule has 0 bridgehead atoms. The summed E-state index contributed by atoms with van der Waals surface area (Å²) in [5.41, 5.74) is 0.349. The van der Waals surface area contributed by atoms with E-state index in [1.807, 2.05) is 56.4 Å². The van der Waals surface area contributed by atoms with Crippen LogP contribution in [0.3, 0.4) is 0 Å². The molecule has 0 spiro atoms. The third kappa shape index (κ3) is 10.5.